The van der Waals surface area contributed by atoms with Crippen LogP contribution in [0, 0.1) is 12.7 Å². The molecule has 2 aromatic rings. The van der Waals surface area contributed by atoms with Gasteiger partial charge in [-0.1, -0.05) is 18.2 Å². The fourth-order valence-corrected chi connectivity index (χ4v) is 2.01. The Bertz CT molecular complexity index is 603. The number of hydrogen-bond donors (Lipinski definition) is 1. The van der Waals surface area contributed by atoms with Gasteiger partial charge in [-0.05, 0) is 47.9 Å². The minimum absolute atomic E-state index is 0.279. The van der Waals surface area contributed by atoms with Gasteiger partial charge >= 0.3 is 6.18 Å². The van der Waals surface area contributed by atoms with Crippen molar-refractivity contribution in [3.05, 3.63) is 70.5 Å². The summed E-state index contributed by atoms with van der Waals surface area (Å²) in [5.41, 5.74) is 1.92. The van der Waals surface area contributed by atoms with E-state index in [1.54, 1.807) is 6.07 Å². The standard InChI is InChI=1S/C16H15F4N/c1-11-8-15(17)7-4-13(11)10-21-9-12-2-5-14(6-3-12)16(18,19)20/h2-8,21H,9-10H2,1H3. The van der Waals surface area contributed by atoms with Crippen molar-refractivity contribution in [2.24, 2.45) is 0 Å². The Labute approximate surface area is 120 Å². The molecule has 0 aliphatic rings. The molecule has 5 heteroatoms. The molecule has 0 atom stereocenters. The highest BCUT2D eigenvalue weighted by Crippen LogP contribution is 2.29. The van der Waals surface area contributed by atoms with E-state index in [-0.39, 0.29) is 5.82 Å². The van der Waals surface area contributed by atoms with Gasteiger partial charge in [0.25, 0.3) is 0 Å². The van der Waals surface area contributed by atoms with Crippen molar-refractivity contribution in [3.63, 3.8) is 0 Å². The molecule has 0 unspecified atom stereocenters. The van der Waals surface area contributed by atoms with Crippen LogP contribution in [0.5, 0.6) is 0 Å². The number of halogens is 4. The van der Waals surface area contributed by atoms with Crippen LogP contribution in [0.25, 0.3) is 0 Å². The Morgan fingerprint density at radius 1 is 0.952 bits per heavy atom. The predicted molar refractivity (Wildman–Crippen MR) is 73.1 cm³/mol. The Hall–Kier alpha value is -1.88. The summed E-state index contributed by atoms with van der Waals surface area (Å²) in [6, 6.07) is 9.59. The maximum atomic E-state index is 13.0. The number of hydrogen-bond acceptors (Lipinski definition) is 1. The number of nitrogens with one attached hydrogen (secondary N) is 1. The van der Waals surface area contributed by atoms with E-state index in [4.69, 9.17) is 0 Å². The second kappa shape index (κ2) is 6.26. The molecule has 0 spiro atoms. The third-order valence-corrected chi connectivity index (χ3v) is 3.23. The van der Waals surface area contributed by atoms with Gasteiger partial charge in [0.05, 0.1) is 5.56 Å². The lowest BCUT2D eigenvalue weighted by Crippen LogP contribution is -2.14. The van der Waals surface area contributed by atoms with Crippen LogP contribution in [0.15, 0.2) is 42.5 Å². The first-order valence-electron chi connectivity index (χ1n) is 6.48. The molecule has 2 rings (SSSR count). The molecular formula is C16H15F4N. The first-order chi connectivity index (χ1) is 9.86. The van der Waals surface area contributed by atoms with E-state index in [9.17, 15) is 17.6 Å². The number of aryl methyl sites for hydroxylation is 1. The van der Waals surface area contributed by atoms with Crippen LogP contribution >= 0.6 is 0 Å². The van der Waals surface area contributed by atoms with Gasteiger partial charge in [-0.2, -0.15) is 13.2 Å². The van der Waals surface area contributed by atoms with Gasteiger partial charge in [-0.3, -0.25) is 0 Å². The third-order valence-electron chi connectivity index (χ3n) is 3.23. The van der Waals surface area contributed by atoms with E-state index in [1.165, 1.54) is 24.3 Å². The van der Waals surface area contributed by atoms with Crippen LogP contribution in [0.3, 0.4) is 0 Å². The smallest absolute Gasteiger partial charge is 0.309 e. The summed E-state index contributed by atoms with van der Waals surface area (Å²) in [6.45, 7) is 2.81. The highest BCUT2D eigenvalue weighted by Gasteiger charge is 2.29. The van der Waals surface area contributed by atoms with Gasteiger partial charge in [-0.15, -0.1) is 0 Å². The van der Waals surface area contributed by atoms with Crippen LogP contribution in [0.4, 0.5) is 17.6 Å². The second-order valence-corrected chi connectivity index (χ2v) is 4.87. The normalized spacial score (nSPS) is 11.7. The van der Waals surface area contributed by atoms with Gasteiger partial charge in [0, 0.05) is 13.1 Å². The van der Waals surface area contributed by atoms with Gasteiger partial charge < -0.3 is 5.32 Å². The average molecular weight is 297 g/mol. The molecule has 0 amide bonds. The van der Waals surface area contributed by atoms with E-state index >= 15 is 0 Å². The van der Waals surface area contributed by atoms with Crippen molar-refractivity contribution in [2.75, 3.05) is 0 Å². The van der Waals surface area contributed by atoms with Crippen LogP contribution < -0.4 is 5.32 Å². The summed E-state index contributed by atoms with van der Waals surface area (Å²) in [5, 5.41) is 3.13. The molecule has 21 heavy (non-hydrogen) atoms. The molecule has 0 aliphatic carbocycles. The summed E-state index contributed by atoms with van der Waals surface area (Å²) in [5.74, 6) is -0.279. The highest BCUT2D eigenvalue weighted by atomic mass is 19.4. The topological polar surface area (TPSA) is 12.0 Å². The summed E-state index contributed by atoms with van der Waals surface area (Å²) in [4.78, 5) is 0. The molecule has 0 aromatic heterocycles. The number of benzene rings is 2. The Kier molecular flexibility index (Phi) is 4.63. The molecule has 0 saturated heterocycles. The summed E-state index contributed by atoms with van der Waals surface area (Å²) in [7, 11) is 0. The van der Waals surface area contributed by atoms with Crippen molar-refractivity contribution in [1.29, 1.82) is 0 Å². The zero-order valence-electron chi connectivity index (χ0n) is 11.5. The molecule has 1 nitrogen and oxygen atoms in total. The molecule has 0 bridgehead atoms. The van der Waals surface area contributed by atoms with Crippen molar-refractivity contribution < 1.29 is 17.6 Å². The van der Waals surface area contributed by atoms with Gasteiger partial charge in [0.15, 0.2) is 0 Å². The van der Waals surface area contributed by atoms with E-state index in [2.05, 4.69) is 5.32 Å². The Balaban J connectivity index is 1.91. The van der Waals surface area contributed by atoms with E-state index in [0.29, 0.717) is 13.1 Å². The van der Waals surface area contributed by atoms with E-state index < -0.39 is 11.7 Å². The van der Waals surface area contributed by atoms with Crippen LogP contribution in [-0.4, -0.2) is 0 Å². The van der Waals surface area contributed by atoms with Crippen LogP contribution in [0.1, 0.15) is 22.3 Å². The fraction of sp³-hybridized carbons (Fsp3) is 0.250. The van der Waals surface area contributed by atoms with Crippen molar-refractivity contribution in [1.82, 2.24) is 5.32 Å². The Morgan fingerprint density at radius 2 is 1.62 bits per heavy atom. The van der Waals surface area contributed by atoms with E-state index in [0.717, 1.165) is 28.8 Å². The lowest BCUT2D eigenvalue weighted by atomic mass is 10.1. The minimum atomic E-state index is -4.31. The van der Waals surface area contributed by atoms with Crippen molar-refractivity contribution >= 4 is 0 Å². The third kappa shape index (κ3) is 4.29. The zero-order chi connectivity index (χ0) is 15.5. The molecule has 0 fully saturated rings. The average Bonchev–Trinajstić information content (AvgIpc) is 2.41. The second-order valence-electron chi connectivity index (χ2n) is 4.87. The quantitative estimate of drug-likeness (QED) is 0.823. The van der Waals surface area contributed by atoms with Crippen molar-refractivity contribution in [2.45, 2.75) is 26.2 Å². The molecular weight excluding hydrogens is 282 g/mol. The maximum Gasteiger partial charge on any atom is 0.416 e. The fourth-order valence-electron chi connectivity index (χ4n) is 2.01. The lowest BCUT2D eigenvalue weighted by molar-refractivity contribution is -0.137. The van der Waals surface area contributed by atoms with E-state index in [1.807, 2.05) is 6.92 Å². The van der Waals surface area contributed by atoms with Gasteiger partial charge in [0.1, 0.15) is 5.82 Å². The SMILES string of the molecule is Cc1cc(F)ccc1CNCc1ccc(C(F)(F)F)cc1. The zero-order valence-corrected chi connectivity index (χ0v) is 11.5. The molecule has 0 radical (unpaired) electrons. The van der Waals surface area contributed by atoms with Gasteiger partial charge in [-0.25, -0.2) is 4.39 Å². The molecule has 0 saturated carbocycles. The highest BCUT2D eigenvalue weighted by molar-refractivity contribution is 5.27. The molecule has 2 aromatic carbocycles. The maximum absolute atomic E-state index is 13.0. The Morgan fingerprint density at radius 3 is 2.19 bits per heavy atom. The van der Waals surface area contributed by atoms with Crippen LogP contribution in [-0.2, 0) is 19.3 Å². The lowest BCUT2D eigenvalue weighted by Gasteiger charge is -2.10. The largest absolute Gasteiger partial charge is 0.416 e. The number of alkyl halides is 3. The first kappa shape index (κ1) is 15.5. The molecule has 112 valence electrons. The number of rotatable bonds is 4. The minimum Gasteiger partial charge on any atom is -0.309 e. The summed E-state index contributed by atoms with van der Waals surface area (Å²) >= 11 is 0. The molecule has 0 heterocycles. The van der Waals surface area contributed by atoms with Crippen LogP contribution in [0.2, 0.25) is 0 Å². The molecule has 1 N–H and O–H groups in total. The predicted octanol–water partition coefficient (Wildman–Crippen LogP) is 4.44. The first-order valence-corrected chi connectivity index (χ1v) is 6.48. The van der Waals surface area contributed by atoms with Gasteiger partial charge in [0.2, 0.25) is 0 Å². The summed E-state index contributed by atoms with van der Waals surface area (Å²) in [6.07, 6.45) is -4.31. The molecule has 0 aliphatic heterocycles. The van der Waals surface area contributed by atoms with Crippen molar-refractivity contribution in [3.8, 4) is 0 Å². The monoisotopic (exact) mass is 297 g/mol. The summed E-state index contributed by atoms with van der Waals surface area (Å²) < 4.78 is 50.2.